The fourth-order valence-corrected chi connectivity index (χ4v) is 0.970. The number of nitrogens with zero attached hydrogens (tertiary/aromatic N) is 2. The molecule has 0 aliphatic rings. The Morgan fingerprint density at radius 2 is 2.46 bits per heavy atom. The number of rotatable bonds is 4. The lowest BCUT2D eigenvalue weighted by molar-refractivity contribution is 0.688. The van der Waals surface area contributed by atoms with Crippen LogP contribution in [0.2, 0.25) is 5.15 Å². The van der Waals surface area contributed by atoms with E-state index < -0.39 is 0 Å². The summed E-state index contributed by atoms with van der Waals surface area (Å²) in [4.78, 5) is 7.96. The molecule has 1 aromatic heterocycles. The van der Waals surface area contributed by atoms with Gasteiger partial charge in [-0.1, -0.05) is 11.6 Å². The standard InChI is InChI=1S/C8H13ClN4/c1-6(10)2-4-11-8-12-5-3-7(9)13-8/h3,5-6H,2,4,10H2,1H3,(H,11,12,13). The van der Waals surface area contributed by atoms with Gasteiger partial charge < -0.3 is 11.1 Å². The van der Waals surface area contributed by atoms with Crippen molar-refractivity contribution in [2.75, 3.05) is 11.9 Å². The second-order valence-electron chi connectivity index (χ2n) is 2.90. The molecule has 0 amide bonds. The van der Waals surface area contributed by atoms with Crippen LogP contribution in [-0.2, 0) is 0 Å². The molecule has 1 heterocycles. The molecule has 5 heteroatoms. The molecule has 0 aliphatic heterocycles. The molecule has 0 fully saturated rings. The fourth-order valence-electron chi connectivity index (χ4n) is 0.833. The second-order valence-corrected chi connectivity index (χ2v) is 3.28. The van der Waals surface area contributed by atoms with Gasteiger partial charge in [0.25, 0.3) is 0 Å². The summed E-state index contributed by atoms with van der Waals surface area (Å²) in [6, 6.07) is 1.82. The Labute approximate surface area is 82.5 Å². The fraction of sp³-hybridized carbons (Fsp3) is 0.500. The van der Waals surface area contributed by atoms with Crippen LogP contribution in [0.5, 0.6) is 0 Å². The largest absolute Gasteiger partial charge is 0.354 e. The molecule has 0 aliphatic carbocycles. The van der Waals surface area contributed by atoms with E-state index in [4.69, 9.17) is 17.3 Å². The van der Waals surface area contributed by atoms with E-state index in [1.807, 2.05) is 6.92 Å². The van der Waals surface area contributed by atoms with Crippen molar-refractivity contribution in [3.8, 4) is 0 Å². The van der Waals surface area contributed by atoms with Gasteiger partial charge in [0, 0.05) is 18.8 Å². The SMILES string of the molecule is CC(N)CCNc1nccc(Cl)n1. The number of hydrogen-bond acceptors (Lipinski definition) is 4. The molecule has 4 nitrogen and oxygen atoms in total. The van der Waals surface area contributed by atoms with Crippen molar-refractivity contribution in [3.05, 3.63) is 17.4 Å². The molecule has 0 radical (unpaired) electrons. The predicted molar refractivity (Wildman–Crippen MR) is 53.8 cm³/mol. The van der Waals surface area contributed by atoms with Crippen LogP contribution in [0.4, 0.5) is 5.95 Å². The Balaban J connectivity index is 2.37. The van der Waals surface area contributed by atoms with Crippen LogP contribution < -0.4 is 11.1 Å². The number of halogens is 1. The average Bonchev–Trinajstić information content (AvgIpc) is 2.03. The second kappa shape index (κ2) is 4.99. The molecule has 3 N–H and O–H groups in total. The molecular formula is C8H13ClN4. The molecule has 0 aromatic carbocycles. The Hall–Kier alpha value is -0.870. The molecule has 0 spiro atoms. The van der Waals surface area contributed by atoms with E-state index in [9.17, 15) is 0 Å². The number of nitrogens with two attached hydrogens (primary N) is 1. The number of anilines is 1. The molecule has 1 rings (SSSR count). The lowest BCUT2D eigenvalue weighted by Gasteiger charge is -2.06. The Morgan fingerprint density at radius 1 is 1.69 bits per heavy atom. The van der Waals surface area contributed by atoms with Gasteiger partial charge in [-0.05, 0) is 19.4 Å². The molecule has 0 saturated heterocycles. The average molecular weight is 201 g/mol. The van der Waals surface area contributed by atoms with Crippen molar-refractivity contribution in [1.82, 2.24) is 9.97 Å². The van der Waals surface area contributed by atoms with Gasteiger partial charge in [-0.3, -0.25) is 0 Å². The molecule has 1 unspecified atom stereocenters. The van der Waals surface area contributed by atoms with Gasteiger partial charge in [-0.25, -0.2) is 9.97 Å². The van der Waals surface area contributed by atoms with Crippen LogP contribution in [-0.4, -0.2) is 22.6 Å². The monoisotopic (exact) mass is 200 g/mol. The summed E-state index contributed by atoms with van der Waals surface area (Å²) >= 11 is 5.67. The van der Waals surface area contributed by atoms with Crippen molar-refractivity contribution < 1.29 is 0 Å². The maximum atomic E-state index is 5.67. The predicted octanol–water partition coefficient (Wildman–Crippen LogP) is 1.28. The highest BCUT2D eigenvalue weighted by Gasteiger charge is 1.97. The molecular weight excluding hydrogens is 188 g/mol. The first-order valence-corrected chi connectivity index (χ1v) is 4.54. The zero-order chi connectivity index (χ0) is 9.68. The van der Waals surface area contributed by atoms with Gasteiger partial charge in [0.2, 0.25) is 5.95 Å². The summed E-state index contributed by atoms with van der Waals surface area (Å²) in [5, 5.41) is 3.47. The minimum Gasteiger partial charge on any atom is -0.354 e. The van der Waals surface area contributed by atoms with Crippen molar-refractivity contribution in [1.29, 1.82) is 0 Å². The number of nitrogens with one attached hydrogen (secondary N) is 1. The summed E-state index contributed by atoms with van der Waals surface area (Å²) in [5.41, 5.74) is 5.58. The van der Waals surface area contributed by atoms with Crippen LogP contribution in [0.25, 0.3) is 0 Å². The first-order chi connectivity index (χ1) is 6.18. The zero-order valence-corrected chi connectivity index (χ0v) is 8.25. The maximum Gasteiger partial charge on any atom is 0.224 e. The van der Waals surface area contributed by atoms with Crippen molar-refractivity contribution in [2.45, 2.75) is 19.4 Å². The molecule has 1 aromatic rings. The molecule has 0 bridgehead atoms. The Morgan fingerprint density at radius 3 is 3.08 bits per heavy atom. The highest BCUT2D eigenvalue weighted by Crippen LogP contribution is 2.05. The normalized spacial score (nSPS) is 12.5. The highest BCUT2D eigenvalue weighted by molar-refractivity contribution is 6.29. The number of hydrogen-bond donors (Lipinski definition) is 2. The molecule has 13 heavy (non-hydrogen) atoms. The summed E-state index contributed by atoms with van der Waals surface area (Å²) in [7, 11) is 0. The summed E-state index contributed by atoms with van der Waals surface area (Å²) < 4.78 is 0. The Bertz CT molecular complexity index is 264. The molecule has 72 valence electrons. The third-order valence-electron chi connectivity index (χ3n) is 1.50. The van der Waals surface area contributed by atoms with Gasteiger partial charge in [0.1, 0.15) is 5.15 Å². The van der Waals surface area contributed by atoms with Crippen molar-refractivity contribution >= 4 is 17.5 Å². The third-order valence-corrected chi connectivity index (χ3v) is 1.71. The van der Waals surface area contributed by atoms with Gasteiger partial charge in [-0.15, -0.1) is 0 Å². The van der Waals surface area contributed by atoms with Crippen LogP contribution in [0.3, 0.4) is 0 Å². The summed E-state index contributed by atoms with van der Waals surface area (Å²) in [6.07, 6.45) is 2.50. The zero-order valence-electron chi connectivity index (χ0n) is 7.50. The van der Waals surface area contributed by atoms with Gasteiger partial charge in [-0.2, -0.15) is 0 Å². The topological polar surface area (TPSA) is 63.8 Å². The van der Waals surface area contributed by atoms with Crippen LogP contribution in [0.1, 0.15) is 13.3 Å². The first kappa shape index (κ1) is 10.2. The van der Waals surface area contributed by atoms with E-state index >= 15 is 0 Å². The molecule has 1 atom stereocenters. The number of aromatic nitrogens is 2. The Kier molecular flexibility index (Phi) is 3.92. The van der Waals surface area contributed by atoms with E-state index in [-0.39, 0.29) is 6.04 Å². The highest BCUT2D eigenvalue weighted by atomic mass is 35.5. The maximum absolute atomic E-state index is 5.67. The minimum absolute atomic E-state index is 0.187. The van der Waals surface area contributed by atoms with Crippen LogP contribution in [0.15, 0.2) is 12.3 Å². The van der Waals surface area contributed by atoms with Gasteiger partial charge >= 0.3 is 0 Å². The van der Waals surface area contributed by atoms with Crippen LogP contribution in [0, 0.1) is 0 Å². The quantitative estimate of drug-likeness (QED) is 0.719. The summed E-state index contributed by atoms with van der Waals surface area (Å²) in [5.74, 6) is 0.549. The molecule has 0 saturated carbocycles. The van der Waals surface area contributed by atoms with E-state index in [0.717, 1.165) is 13.0 Å². The summed E-state index contributed by atoms with van der Waals surface area (Å²) in [6.45, 7) is 2.72. The van der Waals surface area contributed by atoms with E-state index in [1.54, 1.807) is 12.3 Å². The van der Waals surface area contributed by atoms with Gasteiger partial charge in [0.05, 0.1) is 0 Å². The third kappa shape index (κ3) is 4.05. The van der Waals surface area contributed by atoms with Crippen LogP contribution >= 0.6 is 11.6 Å². The van der Waals surface area contributed by atoms with E-state index in [1.165, 1.54) is 0 Å². The minimum atomic E-state index is 0.187. The smallest absolute Gasteiger partial charge is 0.224 e. The lowest BCUT2D eigenvalue weighted by atomic mass is 10.2. The van der Waals surface area contributed by atoms with Crippen molar-refractivity contribution in [3.63, 3.8) is 0 Å². The lowest BCUT2D eigenvalue weighted by Crippen LogP contribution is -2.19. The van der Waals surface area contributed by atoms with Gasteiger partial charge in [0.15, 0.2) is 0 Å². The first-order valence-electron chi connectivity index (χ1n) is 4.16. The van der Waals surface area contributed by atoms with E-state index in [2.05, 4.69) is 15.3 Å². The van der Waals surface area contributed by atoms with E-state index in [0.29, 0.717) is 11.1 Å². The van der Waals surface area contributed by atoms with Crippen molar-refractivity contribution in [2.24, 2.45) is 5.73 Å².